The molecule has 0 aromatic carbocycles. The molecule has 9 heteroatoms. The van der Waals surface area contributed by atoms with Crippen molar-refractivity contribution in [3.63, 3.8) is 0 Å². The number of hydrogen-bond acceptors (Lipinski definition) is 6. The lowest BCUT2D eigenvalue weighted by Crippen LogP contribution is -2.29. The van der Waals surface area contributed by atoms with E-state index in [1.54, 1.807) is 0 Å². The Morgan fingerprint density at radius 3 is 1.35 bits per heavy atom. The quantitative estimate of drug-likeness (QED) is 0.0273. The fraction of sp³-hybridized carbons (Fsp3) is 0.778. The highest BCUT2D eigenvalue weighted by molar-refractivity contribution is 7.46. The van der Waals surface area contributed by atoms with Gasteiger partial charge in [-0.05, 0) is 70.6 Å². The van der Waals surface area contributed by atoms with E-state index < -0.39 is 32.5 Å². The molecule has 0 aliphatic heterocycles. The molecule has 0 aliphatic carbocycles. The second-order valence-corrected chi connectivity index (χ2v) is 15.9. The minimum atomic E-state index is -4.76. The van der Waals surface area contributed by atoms with Crippen LogP contribution in [0.1, 0.15) is 206 Å². The molecular weight excluding hydrogens is 699 g/mol. The Morgan fingerprint density at radius 1 is 0.500 bits per heavy atom. The van der Waals surface area contributed by atoms with Crippen molar-refractivity contribution in [2.24, 2.45) is 0 Å². The van der Waals surface area contributed by atoms with Crippen molar-refractivity contribution >= 4 is 19.8 Å². The van der Waals surface area contributed by atoms with Crippen molar-refractivity contribution < 1.29 is 37.9 Å². The van der Waals surface area contributed by atoms with Gasteiger partial charge in [-0.3, -0.25) is 14.1 Å². The molecule has 54 heavy (non-hydrogen) atoms. The fourth-order valence-corrected chi connectivity index (χ4v) is 6.45. The molecule has 0 aromatic heterocycles. The molecule has 0 heterocycles. The molecule has 0 rings (SSSR count). The van der Waals surface area contributed by atoms with E-state index in [1.165, 1.54) is 103 Å². The average molecular weight is 781 g/mol. The summed E-state index contributed by atoms with van der Waals surface area (Å²) in [5, 5.41) is 0. The van der Waals surface area contributed by atoms with Crippen molar-refractivity contribution in [2.45, 2.75) is 213 Å². The van der Waals surface area contributed by atoms with Crippen LogP contribution in [0.25, 0.3) is 0 Å². The van der Waals surface area contributed by atoms with E-state index in [1.807, 2.05) is 0 Å². The van der Waals surface area contributed by atoms with Crippen molar-refractivity contribution in [2.75, 3.05) is 13.2 Å². The summed E-state index contributed by atoms with van der Waals surface area (Å²) >= 11 is 0. The zero-order chi connectivity index (χ0) is 39.6. The summed E-state index contributed by atoms with van der Waals surface area (Å²) < 4.78 is 26.4. The normalized spacial score (nSPS) is 12.9. The van der Waals surface area contributed by atoms with Gasteiger partial charge in [-0.25, -0.2) is 4.57 Å². The third-order valence-corrected chi connectivity index (χ3v) is 9.82. The lowest BCUT2D eigenvalue weighted by Gasteiger charge is -2.18. The van der Waals surface area contributed by atoms with Crippen molar-refractivity contribution in [1.29, 1.82) is 0 Å². The summed E-state index contributed by atoms with van der Waals surface area (Å²) in [5.41, 5.74) is 0. The third kappa shape index (κ3) is 42.7. The first kappa shape index (κ1) is 52.0. The highest BCUT2D eigenvalue weighted by Crippen LogP contribution is 2.36. The van der Waals surface area contributed by atoms with Crippen LogP contribution < -0.4 is 0 Å². The number of unbranched alkanes of at least 4 members (excludes halogenated alkanes) is 22. The maximum absolute atomic E-state index is 12.4. The molecule has 0 aromatic rings. The smallest absolute Gasteiger partial charge is 0.462 e. The second-order valence-electron chi connectivity index (χ2n) is 14.6. The number of allylic oxidation sites excluding steroid dienone is 8. The molecule has 0 bridgehead atoms. The summed E-state index contributed by atoms with van der Waals surface area (Å²) in [6.45, 7) is 3.56. The Morgan fingerprint density at radius 2 is 0.889 bits per heavy atom. The summed E-state index contributed by atoms with van der Waals surface area (Å²) in [6, 6.07) is 0. The molecule has 0 unspecified atom stereocenters. The van der Waals surface area contributed by atoms with E-state index in [4.69, 9.17) is 19.3 Å². The van der Waals surface area contributed by atoms with Crippen LogP contribution in [0, 0.1) is 0 Å². The lowest BCUT2D eigenvalue weighted by atomic mass is 10.0. The minimum absolute atomic E-state index is 0.192. The first-order valence-corrected chi connectivity index (χ1v) is 23.5. The van der Waals surface area contributed by atoms with Gasteiger partial charge in [-0.1, -0.05) is 172 Å². The summed E-state index contributed by atoms with van der Waals surface area (Å²) in [7, 11) is -4.76. The number of hydrogen-bond donors (Lipinski definition) is 2. The number of phosphoric ester groups is 1. The molecule has 0 fully saturated rings. The van der Waals surface area contributed by atoms with Gasteiger partial charge in [0, 0.05) is 12.8 Å². The molecule has 0 amide bonds. The first-order chi connectivity index (χ1) is 26.3. The van der Waals surface area contributed by atoms with E-state index in [-0.39, 0.29) is 19.4 Å². The third-order valence-electron chi connectivity index (χ3n) is 9.33. The van der Waals surface area contributed by atoms with E-state index in [9.17, 15) is 14.2 Å². The number of ether oxygens (including phenoxy) is 2. The standard InChI is InChI=1S/C45H81O8P/c1-3-5-7-9-11-13-15-17-19-20-21-22-23-24-26-27-29-31-33-35-37-39-44(46)51-41-43(42-52-54(48,49)50)53-45(47)40-38-36-34-32-30-28-25-18-16-14-12-10-8-6-4-2/h6,8,12,14,17-19,25,43H,3-5,7,9-11,13,15-16,20-24,26-42H2,1-2H3,(H2,48,49,50)/b8-6+,14-12+,19-17+,25-18+/t43-/m1/s1. The summed E-state index contributed by atoms with van der Waals surface area (Å²) in [5.74, 6) is -0.903. The molecule has 0 aliphatic rings. The highest BCUT2D eigenvalue weighted by atomic mass is 31.2. The van der Waals surface area contributed by atoms with Gasteiger partial charge in [0.1, 0.15) is 6.61 Å². The Hall–Kier alpha value is -1.99. The monoisotopic (exact) mass is 781 g/mol. The lowest BCUT2D eigenvalue weighted by molar-refractivity contribution is -0.161. The van der Waals surface area contributed by atoms with Gasteiger partial charge >= 0.3 is 19.8 Å². The number of esters is 2. The van der Waals surface area contributed by atoms with Crippen molar-refractivity contribution in [3.8, 4) is 0 Å². The summed E-state index contributed by atoms with van der Waals surface area (Å²) in [6.07, 6.45) is 49.8. The minimum Gasteiger partial charge on any atom is -0.462 e. The van der Waals surface area contributed by atoms with Crippen LogP contribution in [-0.4, -0.2) is 41.0 Å². The highest BCUT2D eigenvalue weighted by Gasteiger charge is 2.22. The number of carbonyl (C=O) groups excluding carboxylic acids is 2. The fourth-order valence-electron chi connectivity index (χ4n) is 6.09. The molecule has 0 radical (unpaired) electrons. The Kier molecular flexibility index (Phi) is 39.2. The molecule has 8 nitrogen and oxygen atoms in total. The topological polar surface area (TPSA) is 119 Å². The van der Waals surface area contributed by atoms with Crippen LogP contribution in [0.2, 0.25) is 0 Å². The van der Waals surface area contributed by atoms with Crippen LogP contribution in [0.4, 0.5) is 0 Å². The number of phosphoric acid groups is 1. The molecular formula is C45H81O8P. The van der Waals surface area contributed by atoms with E-state index >= 15 is 0 Å². The van der Waals surface area contributed by atoms with Crippen LogP contribution in [0.5, 0.6) is 0 Å². The van der Waals surface area contributed by atoms with E-state index in [0.29, 0.717) is 6.42 Å². The molecule has 0 spiro atoms. The van der Waals surface area contributed by atoms with Gasteiger partial charge in [0.15, 0.2) is 6.10 Å². The predicted molar refractivity (Wildman–Crippen MR) is 225 cm³/mol. The molecule has 0 saturated carbocycles. The van der Waals surface area contributed by atoms with Crippen molar-refractivity contribution in [1.82, 2.24) is 0 Å². The predicted octanol–water partition coefficient (Wildman–Crippen LogP) is 13.5. The Bertz CT molecular complexity index is 1020. The molecule has 1 atom stereocenters. The van der Waals surface area contributed by atoms with E-state index in [0.717, 1.165) is 70.6 Å². The zero-order valence-corrected chi connectivity index (χ0v) is 35.5. The van der Waals surface area contributed by atoms with E-state index in [2.05, 4.69) is 67.0 Å². The largest absolute Gasteiger partial charge is 0.469 e. The first-order valence-electron chi connectivity index (χ1n) is 21.9. The van der Waals surface area contributed by atoms with Crippen LogP contribution in [0.3, 0.4) is 0 Å². The maximum atomic E-state index is 12.4. The number of rotatable bonds is 40. The SMILES string of the molecule is CC/C=C/C/C=C/C/C=C/CCCCCCCC(=O)O[C@H](COC(=O)CCCCCCCCCCCCC/C=C/CCCCCCCC)COP(=O)(O)O. The second kappa shape index (κ2) is 40.7. The number of carbonyl (C=O) groups is 2. The van der Waals surface area contributed by atoms with Crippen molar-refractivity contribution in [3.05, 3.63) is 48.6 Å². The zero-order valence-electron chi connectivity index (χ0n) is 34.6. The maximum Gasteiger partial charge on any atom is 0.469 e. The molecule has 2 N–H and O–H groups in total. The van der Waals surface area contributed by atoms with Gasteiger partial charge in [0.05, 0.1) is 6.61 Å². The van der Waals surface area contributed by atoms with Crippen LogP contribution in [-0.2, 0) is 28.2 Å². The van der Waals surface area contributed by atoms with Crippen LogP contribution >= 0.6 is 7.82 Å². The van der Waals surface area contributed by atoms with Gasteiger partial charge in [0.2, 0.25) is 0 Å². The molecule has 314 valence electrons. The Balaban J connectivity index is 3.88. The average Bonchev–Trinajstić information content (AvgIpc) is 3.14. The molecule has 0 saturated heterocycles. The van der Waals surface area contributed by atoms with Crippen LogP contribution in [0.15, 0.2) is 48.6 Å². The van der Waals surface area contributed by atoms with Gasteiger partial charge < -0.3 is 19.3 Å². The van der Waals surface area contributed by atoms with Gasteiger partial charge in [-0.2, -0.15) is 0 Å². The Labute approximate surface area is 331 Å². The van der Waals surface area contributed by atoms with Gasteiger partial charge in [-0.15, -0.1) is 0 Å². The van der Waals surface area contributed by atoms with Gasteiger partial charge in [0.25, 0.3) is 0 Å². The summed E-state index contributed by atoms with van der Waals surface area (Å²) in [4.78, 5) is 42.9.